The van der Waals surface area contributed by atoms with Gasteiger partial charge in [0.2, 0.25) is 11.8 Å². The van der Waals surface area contributed by atoms with Crippen LogP contribution in [-0.2, 0) is 16.0 Å². The number of benzene rings is 1. The molecule has 1 aromatic carbocycles. The Kier molecular flexibility index (Phi) is 6.64. The number of nitrogens with zero attached hydrogens (tertiary/aromatic N) is 1. The molecule has 0 aliphatic carbocycles. The highest BCUT2D eigenvalue weighted by molar-refractivity contribution is 5.79. The highest BCUT2D eigenvalue weighted by Crippen LogP contribution is 2.18. The molecule has 2 amide bonds. The van der Waals surface area contributed by atoms with Crippen LogP contribution in [0.15, 0.2) is 24.3 Å². The Labute approximate surface area is 144 Å². The quantitative estimate of drug-likeness (QED) is 0.869. The van der Waals surface area contributed by atoms with E-state index in [0.717, 1.165) is 37.2 Å². The van der Waals surface area contributed by atoms with E-state index in [9.17, 15) is 9.59 Å². The Morgan fingerprint density at radius 3 is 2.88 bits per heavy atom. The van der Waals surface area contributed by atoms with Crippen molar-refractivity contribution in [3.63, 3.8) is 0 Å². The number of methoxy groups -OCH3 is 1. The van der Waals surface area contributed by atoms with Crippen molar-refractivity contribution in [3.8, 4) is 5.75 Å². The Morgan fingerprint density at radius 1 is 1.38 bits per heavy atom. The number of nitrogens with one attached hydrogen (secondary N) is 1. The van der Waals surface area contributed by atoms with Crippen LogP contribution in [0.3, 0.4) is 0 Å². The molecule has 24 heavy (non-hydrogen) atoms. The lowest BCUT2D eigenvalue weighted by Crippen LogP contribution is -2.44. The van der Waals surface area contributed by atoms with Gasteiger partial charge in [0.25, 0.3) is 0 Å². The van der Waals surface area contributed by atoms with E-state index in [1.54, 1.807) is 7.11 Å². The monoisotopic (exact) mass is 332 g/mol. The summed E-state index contributed by atoms with van der Waals surface area (Å²) in [5.41, 5.74) is 0.967. The standard InChI is InChI=1S/C19H28N2O3/c1-14(2)19(23)20-12-16-7-5-9-21(13-16)18(22)11-15-6-4-8-17(10-15)24-3/h4,6,8,10,14,16H,5,7,9,11-13H2,1-3H3,(H,20,23)/t16-/m1/s1. The molecule has 1 fully saturated rings. The van der Waals surface area contributed by atoms with Gasteiger partial charge in [-0.15, -0.1) is 0 Å². The number of amides is 2. The molecule has 1 saturated heterocycles. The van der Waals surface area contributed by atoms with Crippen LogP contribution >= 0.6 is 0 Å². The summed E-state index contributed by atoms with van der Waals surface area (Å²) in [5, 5.41) is 2.98. The lowest BCUT2D eigenvalue weighted by molar-refractivity contribution is -0.132. The van der Waals surface area contributed by atoms with Crippen molar-refractivity contribution >= 4 is 11.8 Å². The van der Waals surface area contributed by atoms with Gasteiger partial charge >= 0.3 is 0 Å². The summed E-state index contributed by atoms with van der Waals surface area (Å²) in [6, 6.07) is 7.64. The molecule has 1 aromatic rings. The van der Waals surface area contributed by atoms with Crippen LogP contribution in [0.25, 0.3) is 0 Å². The summed E-state index contributed by atoms with van der Waals surface area (Å²) < 4.78 is 5.21. The van der Waals surface area contributed by atoms with Crippen LogP contribution in [0.2, 0.25) is 0 Å². The van der Waals surface area contributed by atoms with Crippen molar-refractivity contribution in [1.82, 2.24) is 10.2 Å². The fraction of sp³-hybridized carbons (Fsp3) is 0.579. The molecule has 1 N–H and O–H groups in total. The highest BCUT2D eigenvalue weighted by Gasteiger charge is 2.24. The minimum absolute atomic E-state index is 0.000568. The van der Waals surface area contributed by atoms with Gasteiger partial charge < -0.3 is 15.0 Å². The van der Waals surface area contributed by atoms with Gasteiger partial charge in [-0.1, -0.05) is 26.0 Å². The Bertz CT molecular complexity index is 571. The molecule has 2 rings (SSSR count). The Hall–Kier alpha value is -2.04. The molecule has 1 aliphatic rings. The van der Waals surface area contributed by atoms with E-state index in [1.165, 1.54) is 0 Å². The van der Waals surface area contributed by atoms with Gasteiger partial charge in [0.15, 0.2) is 0 Å². The smallest absolute Gasteiger partial charge is 0.227 e. The summed E-state index contributed by atoms with van der Waals surface area (Å²) >= 11 is 0. The fourth-order valence-electron chi connectivity index (χ4n) is 2.98. The minimum atomic E-state index is -0.000568. The second kappa shape index (κ2) is 8.71. The molecule has 1 atom stereocenters. The van der Waals surface area contributed by atoms with Gasteiger partial charge in [0.1, 0.15) is 5.75 Å². The first-order valence-electron chi connectivity index (χ1n) is 8.68. The van der Waals surface area contributed by atoms with Crippen molar-refractivity contribution < 1.29 is 14.3 Å². The predicted molar refractivity (Wildman–Crippen MR) is 93.8 cm³/mol. The third kappa shape index (κ3) is 5.25. The molecule has 5 heteroatoms. The lowest BCUT2D eigenvalue weighted by Gasteiger charge is -2.33. The number of hydrogen-bond donors (Lipinski definition) is 1. The molecule has 1 aliphatic heterocycles. The van der Waals surface area contributed by atoms with Gasteiger partial charge in [-0.2, -0.15) is 0 Å². The van der Waals surface area contributed by atoms with Crippen molar-refractivity contribution in [2.75, 3.05) is 26.7 Å². The van der Waals surface area contributed by atoms with Gasteiger partial charge in [-0.25, -0.2) is 0 Å². The van der Waals surface area contributed by atoms with E-state index in [1.807, 2.05) is 43.0 Å². The van der Waals surface area contributed by atoms with Gasteiger partial charge in [-0.3, -0.25) is 9.59 Å². The van der Waals surface area contributed by atoms with Crippen molar-refractivity contribution in [1.29, 1.82) is 0 Å². The van der Waals surface area contributed by atoms with Crippen LogP contribution < -0.4 is 10.1 Å². The van der Waals surface area contributed by atoms with Crippen molar-refractivity contribution in [2.45, 2.75) is 33.1 Å². The largest absolute Gasteiger partial charge is 0.497 e. The third-order valence-corrected chi connectivity index (χ3v) is 4.45. The van der Waals surface area contributed by atoms with E-state index in [-0.39, 0.29) is 17.7 Å². The molecule has 0 spiro atoms. The molecule has 0 aromatic heterocycles. The number of hydrogen-bond acceptors (Lipinski definition) is 3. The van der Waals surface area contributed by atoms with Crippen molar-refractivity contribution in [3.05, 3.63) is 29.8 Å². The summed E-state index contributed by atoms with van der Waals surface area (Å²) in [5.74, 6) is 1.33. The molecular formula is C19H28N2O3. The first-order valence-corrected chi connectivity index (χ1v) is 8.68. The molecular weight excluding hydrogens is 304 g/mol. The molecule has 0 bridgehead atoms. The van der Waals surface area contributed by atoms with Crippen LogP contribution in [0.4, 0.5) is 0 Å². The van der Waals surface area contributed by atoms with Crippen LogP contribution in [0.5, 0.6) is 5.75 Å². The lowest BCUT2D eigenvalue weighted by atomic mass is 9.97. The number of piperidine rings is 1. The second-order valence-corrected chi connectivity index (χ2v) is 6.78. The number of carbonyl (C=O) groups is 2. The normalized spacial score (nSPS) is 17.7. The van der Waals surface area contributed by atoms with E-state index in [0.29, 0.717) is 18.9 Å². The van der Waals surface area contributed by atoms with Crippen molar-refractivity contribution in [2.24, 2.45) is 11.8 Å². The minimum Gasteiger partial charge on any atom is -0.497 e. The number of likely N-dealkylation sites (tertiary alicyclic amines) is 1. The van der Waals surface area contributed by atoms with E-state index in [4.69, 9.17) is 4.74 Å². The molecule has 132 valence electrons. The average Bonchev–Trinajstić information content (AvgIpc) is 2.59. The first-order chi connectivity index (χ1) is 11.5. The third-order valence-electron chi connectivity index (χ3n) is 4.45. The van der Waals surface area contributed by atoms with Gasteiger partial charge in [-0.05, 0) is 36.5 Å². The molecule has 5 nitrogen and oxygen atoms in total. The SMILES string of the molecule is COc1cccc(CC(=O)N2CCC[C@H](CNC(=O)C(C)C)C2)c1. The summed E-state index contributed by atoms with van der Waals surface area (Å²) in [6.07, 6.45) is 2.44. The maximum Gasteiger partial charge on any atom is 0.227 e. The van der Waals surface area contributed by atoms with E-state index in [2.05, 4.69) is 5.32 Å². The zero-order chi connectivity index (χ0) is 17.5. The number of ether oxygens (including phenoxy) is 1. The predicted octanol–water partition coefficient (Wildman–Crippen LogP) is 2.25. The maximum atomic E-state index is 12.6. The molecule has 0 saturated carbocycles. The highest BCUT2D eigenvalue weighted by atomic mass is 16.5. The maximum absolute atomic E-state index is 12.6. The van der Waals surface area contributed by atoms with Crippen LogP contribution in [0, 0.1) is 11.8 Å². The molecule has 0 unspecified atom stereocenters. The number of carbonyl (C=O) groups excluding carboxylic acids is 2. The fourth-order valence-corrected chi connectivity index (χ4v) is 2.98. The summed E-state index contributed by atoms with van der Waals surface area (Å²) in [4.78, 5) is 26.2. The summed E-state index contributed by atoms with van der Waals surface area (Å²) in [6.45, 7) is 5.96. The molecule has 1 heterocycles. The topological polar surface area (TPSA) is 58.6 Å². The zero-order valence-electron chi connectivity index (χ0n) is 14.9. The van der Waals surface area contributed by atoms with Crippen LogP contribution in [-0.4, -0.2) is 43.5 Å². The number of rotatable bonds is 6. The Morgan fingerprint density at radius 2 is 2.17 bits per heavy atom. The summed E-state index contributed by atoms with van der Waals surface area (Å²) in [7, 11) is 1.63. The van der Waals surface area contributed by atoms with Crippen LogP contribution in [0.1, 0.15) is 32.3 Å². The van der Waals surface area contributed by atoms with Gasteiger partial charge in [0.05, 0.1) is 13.5 Å². The molecule has 0 radical (unpaired) electrons. The average molecular weight is 332 g/mol. The van der Waals surface area contributed by atoms with E-state index >= 15 is 0 Å². The second-order valence-electron chi connectivity index (χ2n) is 6.78. The van der Waals surface area contributed by atoms with E-state index < -0.39 is 0 Å². The zero-order valence-corrected chi connectivity index (χ0v) is 14.9. The first kappa shape index (κ1) is 18.3. The van der Waals surface area contributed by atoms with Gasteiger partial charge in [0, 0.05) is 25.6 Å². The Balaban J connectivity index is 1.86.